The number of rotatable bonds is 8. The Morgan fingerprint density at radius 1 is 0.853 bits per heavy atom. The maximum absolute atomic E-state index is 12.0. The predicted molar refractivity (Wildman–Crippen MR) is 115 cm³/mol. The third-order valence-electron chi connectivity index (χ3n) is 4.51. The first-order valence-electron chi connectivity index (χ1n) is 10.4. The number of nitrogens with one attached hydrogen (secondary N) is 2. The molecule has 1 aliphatic heterocycles. The van der Waals surface area contributed by atoms with E-state index >= 15 is 0 Å². The smallest absolute Gasteiger partial charge is 0.303 e. The minimum Gasteiger partial charge on any atom is -0.463 e. The van der Waals surface area contributed by atoms with Gasteiger partial charge in [0, 0.05) is 34.6 Å². The highest BCUT2D eigenvalue weighted by atomic mass is 16.7. The van der Waals surface area contributed by atoms with Crippen molar-refractivity contribution in [3.05, 3.63) is 24.3 Å². The molecule has 1 aliphatic rings. The normalized spacial score (nSPS) is 23.7. The molecule has 12 heteroatoms. The molecular weight excluding hydrogens is 452 g/mol. The van der Waals surface area contributed by atoms with Crippen LogP contribution in [-0.4, -0.2) is 67.0 Å². The molecule has 34 heavy (non-hydrogen) atoms. The van der Waals surface area contributed by atoms with Gasteiger partial charge in [-0.1, -0.05) is 12.1 Å². The summed E-state index contributed by atoms with van der Waals surface area (Å²) in [7, 11) is 0. The third kappa shape index (κ3) is 7.73. The molecule has 0 aliphatic carbocycles. The second kappa shape index (κ2) is 12.0. The Bertz CT molecular complexity index is 934. The molecule has 0 unspecified atom stereocenters. The van der Waals surface area contributed by atoms with Crippen LogP contribution >= 0.6 is 0 Å². The summed E-state index contributed by atoms with van der Waals surface area (Å²) in [6.45, 7) is 5.68. The Morgan fingerprint density at radius 3 is 2.03 bits per heavy atom. The van der Waals surface area contributed by atoms with Crippen molar-refractivity contribution >= 4 is 35.4 Å². The lowest BCUT2D eigenvalue weighted by molar-refractivity contribution is -0.257. The predicted octanol–water partition coefficient (Wildman–Crippen LogP) is 0.680. The van der Waals surface area contributed by atoms with E-state index in [-0.39, 0.29) is 18.3 Å². The number of benzene rings is 1. The van der Waals surface area contributed by atoms with Crippen molar-refractivity contribution in [3.63, 3.8) is 0 Å². The second-order valence-corrected chi connectivity index (χ2v) is 7.52. The molecule has 2 N–H and O–H groups in total. The zero-order chi connectivity index (χ0) is 25.4. The molecule has 186 valence electrons. The number of hydrogen-bond donors (Lipinski definition) is 2. The van der Waals surface area contributed by atoms with Crippen LogP contribution in [0.1, 0.15) is 34.6 Å². The van der Waals surface area contributed by atoms with E-state index < -0.39 is 54.5 Å². The summed E-state index contributed by atoms with van der Waals surface area (Å²) in [5.41, 5.74) is 0.322. The van der Waals surface area contributed by atoms with Crippen molar-refractivity contribution in [1.29, 1.82) is 0 Å². The van der Waals surface area contributed by atoms with E-state index in [1.54, 1.807) is 24.3 Å². The van der Waals surface area contributed by atoms with Gasteiger partial charge in [0.25, 0.3) is 0 Å². The molecule has 0 radical (unpaired) electrons. The van der Waals surface area contributed by atoms with Crippen molar-refractivity contribution in [2.75, 3.05) is 11.9 Å². The molecule has 12 nitrogen and oxygen atoms in total. The molecular formula is C22H28N2O10. The van der Waals surface area contributed by atoms with Gasteiger partial charge in [0.2, 0.25) is 18.1 Å². The van der Waals surface area contributed by atoms with Crippen LogP contribution in [0.15, 0.2) is 24.3 Å². The number of hydrogen-bond acceptors (Lipinski definition) is 10. The van der Waals surface area contributed by atoms with E-state index in [0.717, 1.165) is 13.8 Å². The fourth-order valence-corrected chi connectivity index (χ4v) is 3.38. The zero-order valence-corrected chi connectivity index (χ0v) is 19.5. The van der Waals surface area contributed by atoms with Crippen LogP contribution in [0.5, 0.6) is 5.75 Å². The van der Waals surface area contributed by atoms with Gasteiger partial charge < -0.3 is 34.3 Å². The number of carbonyl (C=O) groups excluding carboxylic acids is 5. The Balaban J connectivity index is 2.50. The molecule has 0 saturated carbocycles. The molecule has 1 aromatic rings. The summed E-state index contributed by atoms with van der Waals surface area (Å²) in [5.74, 6) is -2.71. The number of ether oxygens (including phenoxy) is 5. The molecule has 2 rings (SSSR count). The fourth-order valence-electron chi connectivity index (χ4n) is 3.38. The first kappa shape index (κ1) is 26.6. The Kier molecular flexibility index (Phi) is 9.36. The third-order valence-corrected chi connectivity index (χ3v) is 4.51. The van der Waals surface area contributed by atoms with Crippen LogP contribution < -0.4 is 15.4 Å². The van der Waals surface area contributed by atoms with E-state index in [4.69, 9.17) is 23.7 Å². The van der Waals surface area contributed by atoms with Gasteiger partial charge in [0.1, 0.15) is 24.5 Å². The summed E-state index contributed by atoms with van der Waals surface area (Å²) in [5, 5.41) is 5.22. The Labute approximate surface area is 196 Å². The maximum Gasteiger partial charge on any atom is 0.303 e. The minimum atomic E-state index is -1.30. The van der Waals surface area contributed by atoms with Gasteiger partial charge >= 0.3 is 17.9 Å². The van der Waals surface area contributed by atoms with Crippen LogP contribution in [0.25, 0.3) is 0 Å². The molecule has 0 bridgehead atoms. The quantitative estimate of drug-likeness (QED) is 0.401. The topological polar surface area (TPSA) is 156 Å². The fraction of sp³-hybridized carbons (Fsp3) is 0.500. The van der Waals surface area contributed by atoms with Crippen molar-refractivity contribution in [2.45, 2.75) is 65.3 Å². The number of amides is 2. The van der Waals surface area contributed by atoms with Crippen LogP contribution in [0.2, 0.25) is 0 Å². The van der Waals surface area contributed by atoms with Crippen molar-refractivity contribution in [1.82, 2.24) is 5.32 Å². The highest BCUT2D eigenvalue weighted by molar-refractivity contribution is 5.90. The van der Waals surface area contributed by atoms with Crippen LogP contribution in [0.3, 0.4) is 0 Å². The molecule has 1 saturated heterocycles. The molecule has 0 aromatic heterocycles. The second-order valence-electron chi connectivity index (χ2n) is 7.52. The summed E-state index contributed by atoms with van der Waals surface area (Å²) in [6.07, 6.45) is -4.89. The highest BCUT2D eigenvalue weighted by Gasteiger charge is 2.52. The molecule has 2 amide bonds. The Morgan fingerprint density at radius 2 is 1.47 bits per heavy atom. The van der Waals surface area contributed by atoms with Crippen LogP contribution in [0, 0.1) is 0 Å². The Hall–Kier alpha value is -3.67. The number of anilines is 1. The first-order chi connectivity index (χ1) is 16.0. The highest BCUT2D eigenvalue weighted by Crippen LogP contribution is 2.32. The molecule has 5 atom stereocenters. The molecule has 0 spiro atoms. The van der Waals surface area contributed by atoms with E-state index in [0.29, 0.717) is 5.69 Å². The van der Waals surface area contributed by atoms with Gasteiger partial charge in [-0.25, -0.2) is 0 Å². The number of para-hydroxylation sites is 2. The first-order valence-corrected chi connectivity index (χ1v) is 10.4. The van der Waals surface area contributed by atoms with E-state index in [9.17, 15) is 24.0 Å². The lowest BCUT2D eigenvalue weighted by atomic mass is 9.96. The summed E-state index contributed by atoms with van der Waals surface area (Å²) in [6, 6.07) is 5.34. The SMILES string of the molecule is CC(=O)Nc1ccccc1O[C@@H]1O[C@H](COC(C)=O)[C@H](OC(C)=O)[C@@H](OC(C)=O)[C@H]1NC(C)=O. The number of esters is 3. The van der Waals surface area contributed by atoms with E-state index in [1.165, 1.54) is 20.8 Å². The van der Waals surface area contributed by atoms with Crippen LogP contribution in [0.4, 0.5) is 5.69 Å². The average molecular weight is 480 g/mol. The van der Waals surface area contributed by atoms with Gasteiger partial charge in [-0.05, 0) is 12.1 Å². The molecule has 1 fully saturated rings. The molecule has 1 heterocycles. The zero-order valence-electron chi connectivity index (χ0n) is 19.5. The van der Waals surface area contributed by atoms with Crippen molar-refractivity contribution < 1.29 is 47.7 Å². The lowest BCUT2D eigenvalue weighted by Gasteiger charge is -2.44. The average Bonchev–Trinajstić information content (AvgIpc) is 2.71. The lowest BCUT2D eigenvalue weighted by Crippen LogP contribution is -2.67. The van der Waals surface area contributed by atoms with Gasteiger partial charge in [0.05, 0.1) is 5.69 Å². The summed E-state index contributed by atoms with van der Waals surface area (Å²) in [4.78, 5) is 58.7. The van der Waals surface area contributed by atoms with Crippen molar-refractivity contribution in [2.24, 2.45) is 0 Å². The largest absolute Gasteiger partial charge is 0.463 e. The van der Waals surface area contributed by atoms with Crippen LogP contribution in [-0.2, 0) is 42.9 Å². The monoisotopic (exact) mass is 480 g/mol. The standard InChI is InChI=1S/C22H28N2O10/c1-11(25)23-16-8-6-7-9-17(16)33-22-19(24-12(2)26)21(32-15(5)29)20(31-14(4)28)18(34-22)10-30-13(3)27/h6-9,18-22H,10H2,1-5H3,(H,23,25)(H,24,26)/t18-,19-,20+,21+,22-/m1/s1. The minimum absolute atomic E-state index is 0.191. The number of carbonyl (C=O) groups is 5. The van der Waals surface area contributed by atoms with Crippen molar-refractivity contribution in [3.8, 4) is 5.75 Å². The molecule has 1 aromatic carbocycles. The van der Waals surface area contributed by atoms with Gasteiger partial charge in [-0.15, -0.1) is 0 Å². The summed E-state index contributed by atoms with van der Waals surface area (Å²) >= 11 is 0. The van der Waals surface area contributed by atoms with Gasteiger partial charge in [-0.3, -0.25) is 24.0 Å². The van der Waals surface area contributed by atoms with E-state index in [1.807, 2.05) is 0 Å². The van der Waals surface area contributed by atoms with Gasteiger partial charge in [0.15, 0.2) is 12.2 Å². The maximum atomic E-state index is 12.0. The van der Waals surface area contributed by atoms with E-state index in [2.05, 4.69) is 10.6 Å². The summed E-state index contributed by atoms with van der Waals surface area (Å²) < 4.78 is 27.7. The van der Waals surface area contributed by atoms with Gasteiger partial charge in [-0.2, -0.15) is 0 Å².